The number of nitrogens with two attached hydrogens (primary N) is 1. The number of ether oxygens (including phenoxy) is 1. The second kappa shape index (κ2) is 8.06. The van der Waals surface area contributed by atoms with Crippen molar-refractivity contribution in [2.45, 2.75) is 64.0 Å². The van der Waals surface area contributed by atoms with Crippen LogP contribution in [0.2, 0.25) is 0 Å². The van der Waals surface area contributed by atoms with E-state index in [1.54, 1.807) is 24.0 Å². The van der Waals surface area contributed by atoms with Crippen LogP contribution in [0.25, 0.3) is 0 Å². The van der Waals surface area contributed by atoms with Crippen LogP contribution >= 0.6 is 0 Å². The number of rotatable bonds is 4. The van der Waals surface area contributed by atoms with Crippen LogP contribution in [0, 0.1) is 12.8 Å². The number of anilines is 1. The SMILES string of the molecule is Cc1cc(S(=O)(=O)N[C@H](C)C2CCN(C(=O)OC(C)(C)C)CC2)ccc1N. The molecule has 0 aromatic heterocycles. The monoisotopic (exact) mass is 397 g/mol. The molecule has 3 N–H and O–H groups in total. The van der Waals surface area contributed by atoms with Crippen molar-refractivity contribution >= 4 is 21.8 Å². The molecule has 27 heavy (non-hydrogen) atoms. The lowest BCUT2D eigenvalue weighted by Crippen LogP contribution is -2.46. The Morgan fingerprint density at radius 2 is 1.89 bits per heavy atom. The molecule has 2 rings (SSSR count). The third kappa shape index (κ3) is 5.84. The number of benzene rings is 1. The molecule has 0 spiro atoms. The zero-order chi connectivity index (χ0) is 20.4. The largest absolute Gasteiger partial charge is 0.444 e. The van der Waals surface area contributed by atoms with Crippen molar-refractivity contribution < 1.29 is 17.9 Å². The van der Waals surface area contributed by atoms with E-state index >= 15 is 0 Å². The summed E-state index contributed by atoms with van der Waals surface area (Å²) in [7, 11) is -3.61. The second-order valence-electron chi connectivity index (χ2n) is 8.23. The molecule has 1 aliphatic rings. The number of carbonyl (C=O) groups is 1. The number of nitrogens with zero attached hydrogens (tertiary/aromatic N) is 1. The molecule has 7 nitrogen and oxygen atoms in total. The molecule has 1 saturated heterocycles. The van der Waals surface area contributed by atoms with E-state index in [9.17, 15) is 13.2 Å². The molecule has 0 aliphatic carbocycles. The average Bonchev–Trinajstić information content (AvgIpc) is 2.55. The minimum Gasteiger partial charge on any atom is -0.444 e. The highest BCUT2D eigenvalue weighted by molar-refractivity contribution is 7.89. The molecule has 0 radical (unpaired) electrons. The average molecular weight is 398 g/mol. The highest BCUT2D eigenvalue weighted by atomic mass is 32.2. The van der Waals surface area contributed by atoms with E-state index in [1.165, 1.54) is 6.07 Å². The summed E-state index contributed by atoms with van der Waals surface area (Å²) < 4.78 is 33.4. The highest BCUT2D eigenvalue weighted by Gasteiger charge is 2.31. The van der Waals surface area contributed by atoms with Gasteiger partial charge in [0.15, 0.2) is 0 Å². The molecule has 1 amide bonds. The maximum absolute atomic E-state index is 12.6. The summed E-state index contributed by atoms with van der Waals surface area (Å²) in [6, 6.07) is 4.47. The van der Waals surface area contributed by atoms with Crippen LogP contribution in [0.4, 0.5) is 10.5 Å². The van der Waals surface area contributed by atoms with Gasteiger partial charge >= 0.3 is 6.09 Å². The van der Waals surface area contributed by atoms with Crippen LogP contribution in [0.5, 0.6) is 0 Å². The first-order chi connectivity index (χ1) is 12.4. The summed E-state index contributed by atoms with van der Waals surface area (Å²) in [5.74, 6) is 0.161. The fourth-order valence-electron chi connectivity index (χ4n) is 3.13. The number of carbonyl (C=O) groups excluding carboxylic acids is 1. The molecule has 152 valence electrons. The molecule has 0 bridgehead atoms. The van der Waals surface area contributed by atoms with Gasteiger partial charge in [-0.15, -0.1) is 0 Å². The number of sulfonamides is 1. The van der Waals surface area contributed by atoms with Gasteiger partial charge in [-0.25, -0.2) is 17.9 Å². The van der Waals surface area contributed by atoms with Crippen molar-refractivity contribution in [3.8, 4) is 0 Å². The zero-order valence-electron chi connectivity index (χ0n) is 16.8. The third-order valence-electron chi connectivity index (χ3n) is 4.79. The molecule has 1 aliphatic heterocycles. The van der Waals surface area contributed by atoms with Crippen molar-refractivity contribution in [1.29, 1.82) is 0 Å². The zero-order valence-corrected chi connectivity index (χ0v) is 17.6. The Bertz CT molecular complexity index is 779. The van der Waals surface area contributed by atoms with Gasteiger partial charge in [-0.2, -0.15) is 0 Å². The van der Waals surface area contributed by atoms with Crippen LogP contribution in [0.3, 0.4) is 0 Å². The minimum absolute atomic E-state index is 0.161. The van der Waals surface area contributed by atoms with Gasteiger partial charge in [-0.1, -0.05) is 0 Å². The second-order valence-corrected chi connectivity index (χ2v) is 9.95. The van der Waals surface area contributed by atoms with E-state index in [0.717, 1.165) is 18.4 Å². The van der Waals surface area contributed by atoms with Crippen molar-refractivity contribution in [3.05, 3.63) is 23.8 Å². The maximum atomic E-state index is 12.6. The summed E-state index contributed by atoms with van der Waals surface area (Å²) in [6.07, 6.45) is 1.14. The summed E-state index contributed by atoms with van der Waals surface area (Å²) >= 11 is 0. The van der Waals surface area contributed by atoms with Gasteiger partial charge in [0.2, 0.25) is 10.0 Å². The van der Waals surface area contributed by atoms with E-state index in [2.05, 4.69) is 4.72 Å². The predicted molar refractivity (Wildman–Crippen MR) is 106 cm³/mol. The fourth-order valence-corrected chi connectivity index (χ4v) is 4.53. The Morgan fingerprint density at radius 3 is 2.41 bits per heavy atom. The van der Waals surface area contributed by atoms with E-state index < -0.39 is 15.6 Å². The Hall–Kier alpha value is -1.80. The van der Waals surface area contributed by atoms with E-state index in [0.29, 0.717) is 18.8 Å². The minimum atomic E-state index is -3.61. The molecular weight excluding hydrogens is 366 g/mol. The third-order valence-corrected chi connectivity index (χ3v) is 6.35. The first kappa shape index (κ1) is 21.5. The summed E-state index contributed by atoms with van der Waals surface area (Å²) in [5, 5.41) is 0. The number of aryl methyl sites for hydroxylation is 1. The van der Waals surface area contributed by atoms with Gasteiger partial charge in [-0.3, -0.25) is 0 Å². The number of likely N-dealkylation sites (tertiary alicyclic amines) is 1. The number of hydrogen-bond acceptors (Lipinski definition) is 5. The molecule has 1 aromatic rings. The summed E-state index contributed by atoms with van der Waals surface area (Å²) in [4.78, 5) is 14.0. The topological polar surface area (TPSA) is 102 Å². The van der Waals surface area contributed by atoms with Crippen LogP contribution in [-0.2, 0) is 14.8 Å². The number of amides is 1. The van der Waals surface area contributed by atoms with E-state index in [1.807, 2.05) is 27.7 Å². The number of piperidine rings is 1. The van der Waals surface area contributed by atoms with Crippen molar-refractivity contribution in [2.24, 2.45) is 5.92 Å². The first-order valence-electron chi connectivity index (χ1n) is 9.25. The summed E-state index contributed by atoms with van der Waals surface area (Å²) in [5.41, 5.74) is 6.55. The Labute approximate surface area is 162 Å². The Balaban J connectivity index is 1.94. The number of nitrogen functional groups attached to an aromatic ring is 1. The lowest BCUT2D eigenvalue weighted by Gasteiger charge is -2.35. The van der Waals surface area contributed by atoms with E-state index in [-0.39, 0.29) is 22.9 Å². The normalized spacial score (nSPS) is 17.6. The molecule has 1 heterocycles. The summed E-state index contributed by atoms with van der Waals surface area (Å²) in [6.45, 7) is 10.3. The molecular formula is C19H31N3O4S. The quantitative estimate of drug-likeness (QED) is 0.761. The Morgan fingerprint density at radius 1 is 1.30 bits per heavy atom. The Kier molecular flexibility index (Phi) is 6.42. The fraction of sp³-hybridized carbons (Fsp3) is 0.632. The van der Waals surface area contributed by atoms with E-state index in [4.69, 9.17) is 10.5 Å². The lowest BCUT2D eigenvalue weighted by atomic mass is 9.91. The van der Waals surface area contributed by atoms with Crippen LogP contribution in [-0.4, -0.2) is 44.1 Å². The van der Waals surface area contributed by atoms with Crippen LogP contribution in [0.1, 0.15) is 46.1 Å². The standard InChI is InChI=1S/C19H31N3O4S/c1-13-12-16(6-7-17(13)20)27(24,25)21-14(2)15-8-10-22(11-9-15)18(23)26-19(3,4)5/h6-7,12,14-15,21H,8-11,20H2,1-5H3/t14-/m1/s1. The van der Waals surface area contributed by atoms with Crippen molar-refractivity contribution in [3.63, 3.8) is 0 Å². The van der Waals surface area contributed by atoms with Gasteiger partial charge in [-0.05, 0) is 77.1 Å². The molecule has 1 fully saturated rings. The number of nitrogens with one attached hydrogen (secondary N) is 1. The smallest absolute Gasteiger partial charge is 0.410 e. The molecule has 1 aromatic carbocycles. The number of hydrogen-bond donors (Lipinski definition) is 2. The van der Waals surface area contributed by atoms with Gasteiger partial charge in [0.1, 0.15) is 5.60 Å². The molecule has 8 heteroatoms. The van der Waals surface area contributed by atoms with Gasteiger partial charge < -0.3 is 15.4 Å². The predicted octanol–water partition coefficient (Wildman–Crippen LogP) is 2.89. The van der Waals surface area contributed by atoms with Gasteiger partial charge in [0.25, 0.3) is 0 Å². The molecule has 0 unspecified atom stereocenters. The van der Waals surface area contributed by atoms with Gasteiger partial charge in [0.05, 0.1) is 4.90 Å². The van der Waals surface area contributed by atoms with Crippen LogP contribution < -0.4 is 10.5 Å². The van der Waals surface area contributed by atoms with Crippen molar-refractivity contribution in [2.75, 3.05) is 18.8 Å². The van der Waals surface area contributed by atoms with Crippen molar-refractivity contribution in [1.82, 2.24) is 9.62 Å². The van der Waals surface area contributed by atoms with Crippen LogP contribution in [0.15, 0.2) is 23.1 Å². The molecule has 0 saturated carbocycles. The maximum Gasteiger partial charge on any atom is 0.410 e. The van der Waals surface area contributed by atoms with Gasteiger partial charge in [0, 0.05) is 24.8 Å². The first-order valence-corrected chi connectivity index (χ1v) is 10.7. The molecule has 1 atom stereocenters. The highest BCUT2D eigenvalue weighted by Crippen LogP contribution is 2.24. The lowest BCUT2D eigenvalue weighted by molar-refractivity contribution is 0.0174.